The van der Waals surface area contributed by atoms with Gasteiger partial charge in [-0.2, -0.15) is 0 Å². The van der Waals surface area contributed by atoms with Gasteiger partial charge in [0.2, 0.25) is 0 Å². The second-order valence-corrected chi connectivity index (χ2v) is 5.33. The lowest BCUT2D eigenvalue weighted by molar-refractivity contribution is 0.492. The van der Waals surface area contributed by atoms with E-state index in [1.807, 2.05) is 0 Å². The third-order valence-corrected chi connectivity index (χ3v) is 3.96. The van der Waals surface area contributed by atoms with Crippen LogP contribution in [0.15, 0.2) is 24.3 Å². The van der Waals surface area contributed by atoms with Crippen LogP contribution in [0.5, 0.6) is 0 Å². The molecule has 1 heterocycles. The van der Waals surface area contributed by atoms with Gasteiger partial charge < -0.3 is 10.3 Å². The molecule has 1 fully saturated rings. The highest BCUT2D eigenvalue weighted by atomic mass is 15.1. The molecular formula is C15H21N3. The van der Waals surface area contributed by atoms with Crippen molar-refractivity contribution in [1.82, 2.24) is 9.55 Å². The van der Waals surface area contributed by atoms with Crippen LogP contribution < -0.4 is 5.73 Å². The second kappa shape index (κ2) is 4.73. The van der Waals surface area contributed by atoms with Crippen molar-refractivity contribution >= 4 is 11.0 Å². The molecule has 0 aliphatic heterocycles. The van der Waals surface area contributed by atoms with E-state index < -0.39 is 0 Å². The molecule has 0 spiro atoms. The first-order valence-corrected chi connectivity index (χ1v) is 6.99. The molecule has 0 radical (unpaired) electrons. The molecule has 96 valence electrons. The van der Waals surface area contributed by atoms with E-state index in [4.69, 9.17) is 10.7 Å². The van der Waals surface area contributed by atoms with Crippen LogP contribution >= 0.6 is 0 Å². The van der Waals surface area contributed by atoms with E-state index in [0.717, 1.165) is 24.9 Å². The van der Waals surface area contributed by atoms with E-state index in [9.17, 15) is 0 Å². The van der Waals surface area contributed by atoms with Crippen molar-refractivity contribution in [2.45, 2.75) is 38.6 Å². The van der Waals surface area contributed by atoms with Crippen LogP contribution in [-0.4, -0.2) is 16.1 Å². The first-order chi connectivity index (χ1) is 8.83. The summed E-state index contributed by atoms with van der Waals surface area (Å²) in [6.07, 6.45) is 4.74. The quantitative estimate of drug-likeness (QED) is 0.877. The van der Waals surface area contributed by atoms with Crippen molar-refractivity contribution in [3.05, 3.63) is 30.1 Å². The number of para-hydroxylation sites is 2. The number of imidazole rings is 1. The van der Waals surface area contributed by atoms with E-state index in [2.05, 4.69) is 35.8 Å². The zero-order valence-corrected chi connectivity index (χ0v) is 11.0. The molecular weight excluding hydrogens is 222 g/mol. The molecule has 1 aliphatic carbocycles. The zero-order chi connectivity index (χ0) is 12.5. The Morgan fingerprint density at radius 1 is 1.39 bits per heavy atom. The van der Waals surface area contributed by atoms with Gasteiger partial charge in [0.1, 0.15) is 5.82 Å². The average molecular weight is 243 g/mol. The minimum absolute atomic E-state index is 0.555. The van der Waals surface area contributed by atoms with Gasteiger partial charge in [-0.15, -0.1) is 0 Å². The average Bonchev–Trinajstić information content (AvgIpc) is 3.17. The molecule has 0 saturated heterocycles. The maximum absolute atomic E-state index is 5.83. The SMILES string of the molecule is CCC(CN)Cc1nc2ccccc2n1C1CC1. The number of nitrogens with two attached hydrogens (primary N) is 1. The Labute approximate surface area is 108 Å². The normalized spacial score (nSPS) is 17.2. The number of nitrogens with zero attached hydrogens (tertiary/aromatic N) is 2. The molecule has 2 N–H and O–H groups in total. The van der Waals surface area contributed by atoms with E-state index >= 15 is 0 Å². The molecule has 1 aliphatic rings. The fourth-order valence-electron chi connectivity index (χ4n) is 2.63. The molecule has 0 bridgehead atoms. The smallest absolute Gasteiger partial charge is 0.110 e. The number of fused-ring (bicyclic) bond motifs is 1. The van der Waals surface area contributed by atoms with Crippen LogP contribution in [0.4, 0.5) is 0 Å². The lowest BCUT2D eigenvalue weighted by Gasteiger charge is -2.13. The Morgan fingerprint density at radius 3 is 2.83 bits per heavy atom. The summed E-state index contributed by atoms with van der Waals surface area (Å²) in [6.45, 7) is 2.96. The molecule has 3 rings (SSSR count). The molecule has 2 aromatic rings. The summed E-state index contributed by atoms with van der Waals surface area (Å²) >= 11 is 0. The Hall–Kier alpha value is -1.35. The highest BCUT2D eigenvalue weighted by Gasteiger charge is 2.28. The van der Waals surface area contributed by atoms with Crippen molar-refractivity contribution in [3.8, 4) is 0 Å². The van der Waals surface area contributed by atoms with Crippen LogP contribution in [0, 0.1) is 5.92 Å². The van der Waals surface area contributed by atoms with Crippen molar-refractivity contribution in [2.75, 3.05) is 6.54 Å². The summed E-state index contributed by atoms with van der Waals surface area (Å²) in [7, 11) is 0. The van der Waals surface area contributed by atoms with E-state index in [-0.39, 0.29) is 0 Å². The van der Waals surface area contributed by atoms with E-state index in [1.54, 1.807) is 0 Å². The molecule has 1 saturated carbocycles. The topological polar surface area (TPSA) is 43.8 Å². The van der Waals surface area contributed by atoms with Gasteiger partial charge >= 0.3 is 0 Å². The van der Waals surface area contributed by atoms with Crippen molar-refractivity contribution < 1.29 is 0 Å². The Balaban J connectivity index is 2.01. The minimum Gasteiger partial charge on any atom is -0.330 e. The lowest BCUT2D eigenvalue weighted by Crippen LogP contribution is -2.18. The zero-order valence-electron chi connectivity index (χ0n) is 11.0. The van der Waals surface area contributed by atoms with Gasteiger partial charge in [-0.05, 0) is 37.4 Å². The second-order valence-electron chi connectivity index (χ2n) is 5.33. The van der Waals surface area contributed by atoms with Crippen molar-refractivity contribution in [2.24, 2.45) is 11.7 Å². The summed E-state index contributed by atoms with van der Waals surface area (Å²) in [4.78, 5) is 4.82. The predicted molar refractivity (Wildman–Crippen MR) is 74.5 cm³/mol. The van der Waals surface area contributed by atoms with Crippen LogP contribution in [-0.2, 0) is 6.42 Å². The standard InChI is InChI=1S/C15H21N3/c1-2-11(10-16)9-15-17-13-5-3-4-6-14(13)18(15)12-7-8-12/h3-6,11-12H,2,7-10,16H2,1H3. The monoisotopic (exact) mass is 243 g/mol. The van der Waals surface area contributed by atoms with Gasteiger partial charge in [0, 0.05) is 12.5 Å². The highest BCUT2D eigenvalue weighted by molar-refractivity contribution is 5.76. The summed E-state index contributed by atoms with van der Waals surface area (Å²) in [5.74, 6) is 1.79. The molecule has 18 heavy (non-hydrogen) atoms. The Morgan fingerprint density at radius 2 is 2.17 bits per heavy atom. The molecule has 1 aromatic carbocycles. The first kappa shape index (κ1) is 11.7. The predicted octanol–water partition coefficient (Wildman–Crippen LogP) is 2.90. The third-order valence-electron chi connectivity index (χ3n) is 3.96. The van der Waals surface area contributed by atoms with E-state index in [1.165, 1.54) is 24.2 Å². The van der Waals surface area contributed by atoms with Crippen LogP contribution in [0.1, 0.15) is 38.1 Å². The summed E-state index contributed by atoms with van der Waals surface area (Å²) in [5.41, 5.74) is 8.25. The van der Waals surface area contributed by atoms with Gasteiger partial charge in [-0.25, -0.2) is 4.98 Å². The van der Waals surface area contributed by atoms with Gasteiger partial charge in [-0.3, -0.25) is 0 Å². The van der Waals surface area contributed by atoms with Crippen LogP contribution in [0.2, 0.25) is 0 Å². The molecule has 0 amide bonds. The van der Waals surface area contributed by atoms with Gasteiger partial charge in [-0.1, -0.05) is 25.5 Å². The maximum atomic E-state index is 5.83. The van der Waals surface area contributed by atoms with Gasteiger partial charge in [0.15, 0.2) is 0 Å². The molecule has 1 aromatic heterocycles. The molecule has 1 atom stereocenters. The number of benzene rings is 1. The van der Waals surface area contributed by atoms with Gasteiger partial charge in [0.25, 0.3) is 0 Å². The maximum Gasteiger partial charge on any atom is 0.110 e. The Kier molecular flexibility index (Phi) is 3.08. The summed E-state index contributed by atoms with van der Waals surface area (Å²) < 4.78 is 2.45. The minimum atomic E-state index is 0.555. The van der Waals surface area contributed by atoms with Crippen molar-refractivity contribution in [3.63, 3.8) is 0 Å². The molecule has 1 unspecified atom stereocenters. The Bertz CT molecular complexity index is 536. The third kappa shape index (κ3) is 2.03. The number of rotatable bonds is 5. The van der Waals surface area contributed by atoms with Crippen LogP contribution in [0.25, 0.3) is 11.0 Å². The number of hydrogen-bond donors (Lipinski definition) is 1. The molecule has 3 nitrogen and oxygen atoms in total. The highest BCUT2D eigenvalue weighted by Crippen LogP contribution is 2.39. The number of aromatic nitrogens is 2. The summed E-state index contributed by atoms with van der Waals surface area (Å²) in [6, 6.07) is 9.15. The first-order valence-electron chi connectivity index (χ1n) is 6.99. The summed E-state index contributed by atoms with van der Waals surface area (Å²) in [5, 5.41) is 0. The molecule has 3 heteroatoms. The van der Waals surface area contributed by atoms with Crippen molar-refractivity contribution in [1.29, 1.82) is 0 Å². The fraction of sp³-hybridized carbons (Fsp3) is 0.533. The number of hydrogen-bond acceptors (Lipinski definition) is 2. The fourth-order valence-corrected chi connectivity index (χ4v) is 2.63. The van der Waals surface area contributed by atoms with Gasteiger partial charge in [0.05, 0.1) is 11.0 Å². The van der Waals surface area contributed by atoms with E-state index in [0.29, 0.717) is 12.0 Å². The van der Waals surface area contributed by atoms with Crippen LogP contribution in [0.3, 0.4) is 0 Å². The lowest BCUT2D eigenvalue weighted by atomic mass is 10.0. The largest absolute Gasteiger partial charge is 0.330 e.